The molecule has 166 valence electrons. The topological polar surface area (TPSA) is 75.1 Å². The molecular weight excluding hydrogens is 394 g/mol. The number of pyridine rings is 1. The van der Waals surface area contributed by atoms with Crippen LogP contribution in [0.25, 0.3) is 0 Å². The van der Waals surface area contributed by atoms with Gasteiger partial charge < -0.3 is 19.5 Å². The molecule has 31 heavy (non-hydrogen) atoms. The molecule has 3 heterocycles. The number of amides is 2. The number of ether oxygens (including phenoxy) is 2. The molecule has 0 saturated carbocycles. The molecule has 0 spiro atoms. The number of likely N-dealkylation sites (tertiary alicyclic amines) is 1. The Balaban J connectivity index is 1.36. The molecule has 2 saturated heterocycles. The zero-order valence-electron chi connectivity index (χ0n) is 18.3. The number of hydrogen-bond donors (Lipinski definition) is 1. The fourth-order valence-electron chi connectivity index (χ4n) is 4.21. The van der Waals surface area contributed by atoms with E-state index in [-0.39, 0.29) is 6.03 Å². The minimum absolute atomic E-state index is 0.0426. The fraction of sp³-hybridized carbons (Fsp3) is 0.500. The van der Waals surface area contributed by atoms with E-state index < -0.39 is 5.60 Å². The second kappa shape index (κ2) is 9.24. The van der Waals surface area contributed by atoms with Crippen molar-refractivity contribution in [2.24, 2.45) is 0 Å². The van der Waals surface area contributed by atoms with Gasteiger partial charge in [-0.1, -0.05) is 18.2 Å². The van der Waals surface area contributed by atoms with Gasteiger partial charge in [0.15, 0.2) is 0 Å². The van der Waals surface area contributed by atoms with Crippen molar-refractivity contribution in [1.82, 2.24) is 9.88 Å². The van der Waals surface area contributed by atoms with E-state index >= 15 is 0 Å². The first-order valence-corrected chi connectivity index (χ1v) is 11.0. The van der Waals surface area contributed by atoms with Crippen LogP contribution in [-0.2, 0) is 16.9 Å². The van der Waals surface area contributed by atoms with Crippen molar-refractivity contribution >= 4 is 11.7 Å². The largest absolute Gasteiger partial charge is 0.473 e. The molecule has 7 heteroatoms. The second-order valence-corrected chi connectivity index (χ2v) is 8.49. The molecule has 4 rings (SSSR count). The summed E-state index contributed by atoms with van der Waals surface area (Å²) in [7, 11) is 1.81. The molecule has 0 bridgehead atoms. The SMILES string of the molecule is CC1CCCN1C(=O)N(C)c1ccc(COc2cccc(C3(O)CCOCC3)n2)cc1. The summed E-state index contributed by atoms with van der Waals surface area (Å²) in [6.45, 7) is 4.35. The lowest BCUT2D eigenvalue weighted by atomic mass is 9.90. The highest BCUT2D eigenvalue weighted by atomic mass is 16.5. The third kappa shape index (κ3) is 4.83. The number of carbonyl (C=O) groups is 1. The zero-order chi connectivity index (χ0) is 21.8. The predicted octanol–water partition coefficient (Wildman–Crippen LogP) is 3.70. The Morgan fingerprint density at radius 1 is 1.26 bits per heavy atom. The van der Waals surface area contributed by atoms with Crippen LogP contribution in [0.5, 0.6) is 5.88 Å². The standard InChI is InChI=1S/C24H31N3O4/c1-18-5-4-14-27(18)23(28)26(2)20-10-8-19(9-11-20)17-31-22-7-3-6-21(25-22)24(29)12-15-30-16-13-24/h3,6-11,18,29H,4-5,12-17H2,1-2H3. The number of rotatable bonds is 5. The van der Waals surface area contributed by atoms with Gasteiger partial charge in [-0.05, 0) is 43.5 Å². The molecule has 0 aliphatic carbocycles. The number of aromatic nitrogens is 1. The number of hydrogen-bond acceptors (Lipinski definition) is 5. The minimum Gasteiger partial charge on any atom is -0.473 e. The maximum absolute atomic E-state index is 12.7. The molecule has 2 aliphatic rings. The monoisotopic (exact) mass is 425 g/mol. The van der Waals surface area contributed by atoms with Gasteiger partial charge in [0.05, 0.1) is 5.69 Å². The van der Waals surface area contributed by atoms with Crippen LogP contribution in [0, 0.1) is 0 Å². The summed E-state index contributed by atoms with van der Waals surface area (Å²) in [4.78, 5) is 20.9. The Hall–Kier alpha value is -2.64. The first-order valence-electron chi connectivity index (χ1n) is 11.0. The van der Waals surface area contributed by atoms with Crippen LogP contribution < -0.4 is 9.64 Å². The molecule has 2 aliphatic heterocycles. The Labute approximate surface area is 183 Å². The van der Waals surface area contributed by atoms with Crippen LogP contribution in [-0.4, -0.2) is 53.9 Å². The summed E-state index contributed by atoms with van der Waals surface area (Å²) in [6.07, 6.45) is 3.20. The summed E-state index contributed by atoms with van der Waals surface area (Å²) < 4.78 is 11.2. The Bertz CT molecular complexity index is 896. The summed E-state index contributed by atoms with van der Waals surface area (Å²) in [5.74, 6) is 0.483. The number of urea groups is 1. The second-order valence-electron chi connectivity index (χ2n) is 8.49. The number of anilines is 1. The number of carbonyl (C=O) groups excluding carboxylic acids is 1. The third-order valence-corrected chi connectivity index (χ3v) is 6.32. The van der Waals surface area contributed by atoms with Crippen LogP contribution in [0.2, 0.25) is 0 Å². The summed E-state index contributed by atoms with van der Waals surface area (Å²) >= 11 is 0. The maximum atomic E-state index is 12.7. The van der Waals surface area contributed by atoms with Gasteiger partial charge in [-0.15, -0.1) is 0 Å². The van der Waals surface area contributed by atoms with Crippen LogP contribution in [0.15, 0.2) is 42.5 Å². The molecular formula is C24H31N3O4. The normalized spacial score (nSPS) is 20.5. The average Bonchev–Trinajstić information content (AvgIpc) is 3.23. The smallest absolute Gasteiger partial charge is 0.324 e. The van der Waals surface area contributed by atoms with E-state index in [1.807, 2.05) is 48.3 Å². The van der Waals surface area contributed by atoms with Gasteiger partial charge in [0.25, 0.3) is 0 Å². The Kier molecular flexibility index (Phi) is 6.43. The van der Waals surface area contributed by atoms with Crippen LogP contribution in [0.1, 0.15) is 43.9 Å². The van der Waals surface area contributed by atoms with Crippen molar-refractivity contribution in [3.8, 4) is 5.88 Å². The van der Waals surface area contributed by atoms with Gasteiger partial charge in [0, 0.05) is 57.4 Å². The molecule has 1 aromatic carbocycles. The van der Waals surface area contributed by atoms with Crippen molar-refractivity contribution in [1.29, 1.82) is 0 Å². The lowest BCUT2D eigenvalue weighted by Crippen LogP contribution is -2.42. The highest BCUT2D eigenvalue weighted by Crippen LogP contribution is 2.31. The van der Waals surface area contributed by atoms with Crippen LogP contribution in [0.4, 0.5) is 10.5 Å². The molecule has 1 unspecified atom stereocenters. The first kappa shape index (κ1) is 21.6. The van der Waals surface area contributed by atoms with E-state index in [4.69, 9.17) is 9.47 Å². The van der Waals surface area contributed by atoms with Gasteiger partial charge in [0.1, 0.15) is 12.2 Å². The van der Waals surface area contributed by atoms with Crippen molar-refractivity contribution in [3.05, 3.63) is 53.7 Å². The Morgan fingerprint density at radius 3 is 2.68 bits per heavy atom. The van der Waals surface area contributed by atoms with Crippen molar-refractivity contribution < 1.29 is 19.4 Å². The van der Waals surface area contributed by atoms with Crippen molar-refractivity contribution in [2.75, 3.05) is 31.7 Å². The van der Waals surface area contributed by atoms with Crippen molar-refractivity contribution in [3.63, 3.8) is 0 Å². The number of aliphatic hydroxyl groups is 1. The van der Waals surface area contributed by atoms with E-state index in [2.05, 4.69) is 11.9 Å². The quantitative estimate of drug-likeness (QED) is 0.791. The molecule has 1 aromatic heterocycles. The van der Waals surface area contributed by atoms with Gasteiger partial charge in [0.2, 0.25) is 5.88 Å². The molecule has 1 N–H and O–H groups in total. The summed E-state index contributed by atoms with van der Waals surface area (Å²) in [5, 5.41) is 10.8. The van der Waals surface area contributed by atoms with Gasteiger partial charge in [-0.2, -0.15) is 0 Å². The van der Waals surface area contributed by atoms with E-state index in [0.717, 1.165) is 30.6 Å². The highest BCUT2D eigenvalue weighted by molar-refractivity contribution is 5.91. The van der Waals surface area contributed by atoms with Crippen LogP contribution >= 0.6 is 0 Å². The minimum atomic E-state index is -0.955. The highest BCUT2D eigenvalue weighted by Gasteiger charge is 2.33. The summed E-state index contributed by atoms with van der Waals surface area (Å²) in [5.41, 5.74) is 1.51. The van der Waals surface area contributed by atoms with Crippen LogP contribution in [0.3, 0.4) is 0 Å². The fourth-order valence-corrected chi connectivity index (χ4v) is 4.21. The maximum Gasteiger partial charge on any atom is 0.324 e. The van der Waals surface area contributed by atoms with E-state index in [1.165, 1.54) is 0 Å². The van der Waals surface area contributed by atoms with Gasteiger partial charge >= 0.3 is 6.03 Å². The third-order valence-electron chi connectivity index (χ3n) is 6.32. The van der Waals surface area contributed by atoms with E-state index in [0.29, 0.717) is 50.3 Å². The van der Waals surface area contributed by atoms with Crippen molar-refractivity contribution in [2.45, 2.75) is 50.9 Å². The zero-order valence-corrected chi connectivity index (χ0v) is 18.3. The van der Waals surface area contributed by atoms with E-state index in [1.54, 1.807) is 11.0 Å². The average molecular weight is 426 g/mol. The molecule has 2 aromatic rings. The number of nitrogens with zero attached hydrogens (tertiary/aromatic N) is 3. The first-order chi connectivity index (χ1) is 15.0. The molecule has 0 radical (unpaired) electrons. The lowest BCUT2D eigenvalue weighted by Gasteiger charge is -2.31. The Morgan fingerprint density at radius 2 is 2.00 bits per heavy atom. The molecule has 2 fully saturated rings. The molecule has 7 nitrogen and oxygen atoms in total. The molecule has 2 amide bonds. The van der Waals surface area contributed by atoms with Gasteiger partial charge in [-0.25, -0.2) is 9.78 Å². The molecule has 1 atom stereocenters. The predicted molar refractivity (Wildman–Crippen MR) is 118 cm³/mol. The summed E-state index contributed by atoms with van der Waals surface area (Å²) in [6, 6.07) is 13.6. The van der Waals surface area contributed by atoms with E-state index in [9.17, 15) is 9.90 Å². The number of benzene rings is 1. The van der Waals surface area contributed by atoms with Gasteiger partial charge in [-0.3, -0.25) is 4.90 Å². The lowest BCUT2D eigenvalue weighted by molar-refractivity contribution is -0.0708.